The summed E-state index contributed by atoms with van der Waals surface area (Å²) in [7, 11) is -1.94. The molecule has 0 aromatic rings. The molecule has 0 amide bonds. The van der Waals surface area contributed by atoms with Crippen molar-refractivity contribution in [2.45, 2.75) is 118 Å². The van der Waals surface area contributed by atoms with Crippen LogP contribution in [-0.4, -0.2) is 62.1 Å². The fourth-order valence-corrected chi connectivity index (χ4v) is 3.85. The first-order chi connectivity index (χ1) is 13.7. The smallest absolute Gasteiger partial charge is 0.324 e. The molecule has 0 bridgehead atoms. The second-order valence-electron chi connectivity index (χ2n) is 12.0. The van der Waals surface area contributed by atoms with Gasteiger partial charge in [-0.1, -0.05) is 41.0 Å². The molecule has 7 heteroatoms. The van der Waals surface area contributed by atoms with Crippen LogP contribution in [0.4, 0.5) is 0 Å². The molecule has 31 heavy (non-hydrogen) atoms. The van der Waals surface area contributed by atoms with E-state index in [9.17, 15) is 9.59 Å². The summed E-state index contributed by atoms with van der Waals surface area (Å²) in [5, 5.41) is 0.0876. The lowest BCUT2D eigenvalue weighted by atomic mass is 9.97. The van der Waals surface area contributed by atoms with Gasteiger partial charge in [0.25, 0.3) is 0 Å². The van der Waals surface area contributed by atoms with Crippen molar-refractivity contribution in [1.82, 2.24) is 4.90 Å². The molecule has 0 aliphatic carbocycles. The van der Waals surface area contributed by atoms with Crippen LogP contribution in [0, 0.1) is 5.92 Å². The largest absolute Gasteiger partial charge is 0.459 e. The van der Waals surface area contributed by atoms with Gasteiger partial charge in [-0.25, -0.2) is 0 Å². The summed E-state index contributed by atoms with van der Waals surface area (Å²) in [5.74, 6) is -0.639. The highest BCUT2D eigenvalue weighted by molar-refractivity contribution is 6.74. The van der Waals surface area contributed by atoms with Gasteiger partial charge in [0.15, 0.2) is 8.32 Å². The average molecular weight is 460 g/mol. The van der Waals surface area contributed by atoms with Gasteiger partial charge in [-0.05, 0) is 65.6 Å². The minimum atomic E-state index is -1.94. The number of nitrogens with zero attached hydrogens (tertiary/aromatic N) is 1. The minimum Gasteiger partial charge on any atom is -0.459 e. The Morgan fingerprint density at radius 1 is 0.903 bits per heavy atom. The van der Waals surface area contributed by atoms with Gasteiger partial charge in [-0.2, -0.15) is 0 Å². The van der Waals surface area contributed by atoms with Crippen LogP contribution in [0.1, 0.15) is 82.6 Å². The third-order valence-electron chi connectivity index (χ3n) is 5.62. The van der Waals surface area contributed by atoms with Gasteiger partial charge < -0.3 is 13.9 Å². The number of carbonyl (C=O) groups excluding carboxylic acids is 2. The van der Waals surface area contributed by atoms with E-state index in [1.165, 1.54) is 0 Å². The highest BCUT2D eigenvalue weighted by Gasteiger charge is 2.39. The number of rotatable bonds is 10. The fourth-order valence-electron chi connectivity index (χ4n) is 2.82. The first-order valence-electron chi connectivity index (χ1n) is 11.5. The third-order valence-corrected chi connectivity index (χ3v) is 10.2. The number of esters is 2. The van der Waals surface area contributed by atoms with Crippen molar-refractivity contribution in [2.75, 3.05) is 19.7 Å². The van der Waals surface area contributed by atoms with Crippen LogP contribution < -0.4 is 0 Å². The Morgan fingerprint density at radius 2 is 1.39 bits per heavy atom. The number of ether oxygens (including phenoxy) is 2. The number of hydrogen-bond donors (Lipinski definition) is 0. The highest BCUT2D eigenvalue weighted by Crippen LogP contribution is 2.36. The molecule has 184 valence electrons. The molecule has 6 nitrogen and oxygen atoms in total. The minimum absolute atomic E-state index is 0.0187. The molecule has 0 rings (SSSR count). The lowest BCUT2D eigenvalue weighted by Crippen LogP contribution is -2.52. The molecule has 0 aromatic heterocycles. The molecular formula is C24H49NO5Si. The Bertz CT molecular complexity index is 584. The Hall–Kier alpha value is -0.923. The lowest BCUT2D eigenvalue weighted by molar-refractivity contribution is -0.167. The molecule has 0 fully saturated rings. The van der Waals surface area contributed by atoms with Gasteiger partial charge in [0.05, 0.1) is 6.54 Å². The van der Waals surface area contributed by atoms with Gasteiger partial charge in [-0.3, -0.25) is 14.5 Å². The maximum atomic E-state index is 13.1. The van der Waals surface area contributed by atoms with E-state index in [0.717, 1.165) is 6.42 Å². The van der Waals surface area contributed by atoms with E-state index in [4.69, 9.17) is 13.9 Å². The maximum Gasteiger partial charge on any atom is 0.324 e. The summed E-state index contributed by atoms with van der Waals surface area (Å²) < 4.78 is 17.6. The Balaban J connectivity index is 5.71. The molecule has 0 aromatic carbocycles. The zero-order valence-electron chi connectivity index (χ0n) is 22.5. The Labute approximate surface area is 192 Å². The monoisotopic (exact) mass is 459 g/mol. The molecule has 0 spiro atoms. The summed E-state index contributed by atoms with van der Waals surface area (Å²) in [6, 6.07) is -0.542. The Morgan fingerprint density at radius 3 is 1.77 bits per heavy atom. The van der Waals surface area contributed by atoms with E-state index in [0.29, 0.717) is 13.2 Å². The molecule has 0 heterocycles. The van der Waals surface area contributed by atoms with Crippen molar-refractivity contribution in [2.24, 2.45) is 5.92 Å². The molecule has 0 saturated carbocycles. The summed E-state index contributed by atoms with van der Waals surface area (Å²) in [6.07, 6.45) is 0.790. The van der Waals surface area contributed by atoms with E-state index in [1.807, 2.05) is 60.3 Å². The first-order valence-corrected chi connectivity index (χ1v) is 14.4. The summed E-state index contributed by atoms with van der Waals surface area (Å²) in [4.78, 5) is 27.7. The van der Waals surface area contributed by atoms with E-state index < -0.39 is 25.6 Å². The van der Waals surface area contributed by atoms with E-state index in [-0.39, 0.29) is 29.4 Å². The van der Waals surface area contributed by atoms with Crippen molar-refractivity contribution < 1.29 is 23.5 Å². The SMILES string of the molecule is CC[C@H](C)[C@@H](C(=O)OC(C)(C)C)N(CCO[Si](C)(C)C(C)(C)C)CC(=O)OC(C)(C)C. The second-order valence-corrected chi connectivity index (χ2v) is 16.8. The van der Waals surface area contributed by atoms with Crippen LogP contribution in [0.3, 0.4) is 0 Å². The van der Waals surface area contributed by atoms with E-state index in [1.54, 1.807) is 0 Å². The molecule has 0 radical (unpaired) electrons. The predicted molar refractivity (Wildman–Crippen MR) is 130 cm³/mol. The molecule has 0 saturated heterocycles. The lowest BCUT2D eigenvalue weighted by Gasteiger charge is -2.38. The number of hydrogen-bond acceptors (Lipinski definition) is 6. The van der Waals surface area contributed by atoms with Crippen LogP contribution in [-0.2, 0) is 23.5 Å². The highest BCUT2D eigenvalue weighted by atomic mass is 28.4. The van der Waals surface area contributed by atoms with Crippen LogP contribution >= 0.6 is 0 Å². The fraction of sp³-hybridized carbons (Fsp3) is 0.917. The van der Waals surface area contributed by atoms with E-state index in [2.05, 4.69) is 33.9 Å². The average Bonchev–Trinajstić information content (AvgIpc) is 2.49. The molecule has 2 atom stereocenters. The summed E-state index contributed by atoms with van der Waals surface area (Å²) in [5.41, 5.74) is -1.18. The normalized spacial score (nSPS) is 15.5. The Kier molecular flexibility index (Phi) is 10.9. The van der Waals surface area contributed by atoms with Crippen molar-refractivity contribution in [3.05, 3.63) is 0 Å². The second kappa shape index (κ2) is 11.3. The molecular weight excluding hydrogens is 410 g/mol. The summed E-state index contributed by atoms with van der Waals surface area (Å²) >= 11 is 0. The van der Waals surface area contributed by atoms with Gasteiger partial charge >= 0.3 is 11.9 Å². The van der Waals surface area contributed by atoms with Crippen molar-refractivity contribution >= 4 is 20.3 Å². The van der Waals surface area contributed by atoms with Gasteiger partial charge in [-0.15, -0.1) is 0 Å². The van der Waals surface area contributed by atoms with Crippen molar-refractivity contribution in [1.29, 1.82) is 0 Å². The van der Waals surface area contributed by atoms with Crippen molar-refractivity contribution in [3.8, 4) is 0 Å². The molecule has 0 aliphatic rings. The summed E-state index contributed by atoms with van der Waals surface area (Å²) in [6.45, 7) is 27.1. The van der Waals surface area contributed by atoms with Crippen LogP contribution in [0.15, 0.2) is 0 Å². The van der Waals surface area contributed by atoms with E-state index >= 15 is 0 Å². The number of carbonyl (C=O) groups is 2. The van der Waals surface area contributed by atoms with Crippen molar-refractivity contribution in [3.63, 3.8) is 0 Å². The predicted octanol–water partition coefficient (Wildman–Crippen LogP) is 5.41. The van der Waals surface area contributed by atoms with Gasteiger partial charge in [0.2, 0.25) is 0 Å². The van der Waals surface area contributed by atoms with Gasteiger partial charge in [0, 0.05) is 13.2 Å². The first kappa shape index (κ1) is 30.1. The standard InChI is InChI=1S/C24H49NO5Si/c1-14-18(2)20(21(27)30-23(6,7)8)25(17-19(26)29-22(3,4)5)15-16-28-31(12,13)24(9,10)11/h18,20H,14-17H2,1-13H3/t18-,20-/m0/s1. The quantitative estimate of drug-likeness (QED) is 0.321. The zero-order valence-corrected chi connectivity index (χ0v) is 23.5. The molecule has 0 aliphatic heterocycles. The molecule has 0 unspecified atom stereocenters. The molecule has 0 N–H and O–H groups in total. The zero-order chi connectivity index (χ0) is 24.8. The van der Waals surface area contributed by atoms with Gasteiger partial charge in [0.1, 0.15) is 17.2 Å². The maximum absolute atomic E-state index is 13.1. The van der Waals surface area contributed by atoms with Crippen LogP contribution in [0.25, 0.3) is 0 Å². The van der Waals surface area contributed by atoms with Crippen LogP contribution in [0.5, 0.6) is 0 Å². The van der Waals surface area contributed by atoms with Crippen LogP contribution in [0.2, 0.25) is 18.1 Å². The third kappa shape index (κ3) is 11.5. The topological polar surface area (TPSA) is 65.1 Å².